The average molecular weight is 340 g/mol. The van der Waals surface area contributed by atoms with Crippen molar-refractivity contribution in [2.75, 3.05) is 0 Å². The second-order valence-electron chi connectivity index (χ2n) is 0.414. The van der Waals surface area contributed by atoms with Crippen LogP contribution in [0, 0.1) is 0 Å². The van der Waals surface area contributed by atoms with Crippen molar-refractivity contribution in [1.29, 1.82) is 0 Å². The maximum atomic E-state index is 9.63. The summed E-state index contributed by atoms with van der Waals surface area (Å²) in [6.45, 7) is 0. The summed E-state index contributed by atoms with van der Waals surface area (Å²) in [5, 5.41) is 0. The molecule has 0 aliphatic carbocycles. The molecule has 0 radical (unpaired) electrons. The molecule has 0 aliphatic heterocycles. The van der Waals surface area contributed by atoms with Gasteiger partial charge in [-0.1, -0.05) is 0 Å². The SMILES string of the molecule is O=P([O-])(I)I.[Na+]. The van der Waals surface area contributed by atoms with Crippen molar-refractivity contribution in [3.05, 3.63) is 0 Å². The summed E-state index contributed by atoms with van der Waals surface area (Å²) in [5.41, 5.74) is 0. The molecule has 0 spiro atoms. The van der Waals surface area contributed by atoms with Gasteiger partial charge in [-0.05, 0) is 44.1 Å². The maximum absolute atomic E-state index is 9.63. The van der Waals surface area contributed by atoms with Gasteiger partial charge in [-0.25, -0.2) is 0 Å². The Morgan fingerprint density at radius 3 is 1.50 bits per heavy atom. The van der Waals surface area contributed by atoms with Gasteiger partial charge < -0.3 is 9.46 Å². The Balaban J connectivity index is 0. The van der Waals surface area contributed by atoms with Crippen LogP contribution in [0.2, 0.25) is 0 Å². The number of halogens is 2. The van der Waals surface area contributed by atoms with Gasteiger partial charge in [0.15, 0.2) is 0 Å². The molecule has 0 aromatic heterocycles. The first kappa shape index (κ1) is 11.4. The summed E-state index contributed by atoms with van der Waals surface area (Å²) in [5.74, 6) is 0. The first-order valence-corrected chi connectivity index (χ1v) is 7.90. The zero-order valence-corrected chi connectivity index (χ0v) is 10.2. The van der Waals surface area contributed by atoms with Gasteiger partial charge in [0.05, 0.1) is 0 Å². The molecular weight excluding hydrogens is 340 g/mol. The van der Waals surface area contributed by atoms with Gasteiger partial charge in [0, 0.05) is 0 Å². The summed E-state index contributed by atoms with van der Waals surface area (Å²) in [7, 11) is 0. The molecule has 0 fully saturated rings. The summed E-state index contributed by atoms with van der Waals surface area (Å²) >= 11 is 2.73. The summed E-state index contributed by atoms with van der Waals surface area (Å²) < 4.78 is 6.68. The second-order valence-corrected chi connectivity index (χ2v) is 14.4. The van der Waals surface area contributed by atoms with E-state index in [2.05, 4.69) is 0 Å². The van der Waals surface area contributed by atoms with Crippen molar-refractivity contribution in [3.8, 4) is 0 Å². The Hall–Kier alpha value is 2.65. The Labute approximate surface area is 84.2 Å². The van der Waals surface area contributed by atoms with E-state index in [1.165, 1.54) is 44.1 Å². The first-order valence-electron chi connectivity index (χ1n) is 0.703. The van der Waals surface area contributed by atoms with Gasteiger partial charge in [-0.15, -0.1) is 0 Å². The normalized spacial score (nSPS) is 9.83. The van der Waals surface area contributed by atoms with E-state index >= 15 is 0 Å². The van der Waals surface area contributed by atoms with E-state index in [1.807, 2.05) is 0 Å². The quantitative estimate of drug-likeness (QED) is 0.301. The minimum absolute atomic E-state index is 0. The van der Waals surface area contributed by atoms with E-state index in [1.54, 1.807) is 0 Å². The average Bonchev–Trinajstić information content (AvgIpc) is 0.722. The van der Waals surface area contributed by atoms with Crippen LogP contribution >= 0.6 is 46.7 Å². The smallest absolute Gasteiger partial charge is 0.784 e. The van der Waals surface area contributed by atoms with Gasteiger partial charge in [-0.3, -0.25) is 0 Å². The van der Waals surface area contributed by atoms with Crippen molar-refractivity contribution in [1.82, 2.24) is 0 Å². The van der Waals surface area contributed by atoms with E-state index < -0.39 is 2.65 Å². The zero-order valence-electron chi connectivity index (χ0n) is 3.02. The third kappa shape index (κ3) is 30.2. The number of hydrogen-bond donors (Lipinski definition) is 0. The topological polar surface area (TPSA) is 40.1 Å². The third-order valence-corrected chi connectivity index (χ3v) is 0. The molecule has 0 heterocycles. The molecule has 0 rings (SSSR count). The Bertz CT molecular complexity index is 57.7. The van der Waals surface area contributed by atoms with Crippen molar-refractivity contribution >= 4 is 46.7 Å². The van der Waals surface area contributed by atoms with Crippen molar-refractivity contribution in [3.63, 3.8) is 0 Å². The Morgan fingerprint density at radius 1 is 1.50 bits per heavy atom. The van der Waals surface area contributed by atoms with Crippen LogP contribution in [0.1, 0.15) is 0 Å². The van der Waals surface area contributed by atoms with Crippen LogP contribution in [0.3, 0.4) is 0 Å². The van der Waals surface area contributed by atoms with Gasteiger partial charge in [0.1, 0.15) is 2.65 Å². The standard InChI is InChI=1S/HI2O2P.Na/c1-5(2,3)4;/h(H,3,4);/q;+1/p-1. The van der Waals surface area contributed by atoms with Crippen molar-refractivity contribution in [2.45, 2.75) is 0 Å². The van der Waals surface area contributed by atoms with Crippen LogP contribution in [0.25, 0.3) is 0 Å². The maximum Gasteiger partial charge on any atom is 1.00 e. The molecule has 0 N–H and O–H groups in total. The predicted octanol–water partition coefficient (Wildman–Crippen LogP) is -1.67. The fourth-order valence-electron chi connectivity index (χ4n) is 0. The largest absolute Gasteiger partial charge is 1.00 e. The van der Waals surface area contributed by atoms with Crippen molar-refractivity contribution < 1.29 is 39.0 Å². The molecular formula is I2NaO2P. The minimum atomic E-state index is -2.95. The van der Waals surface area contributed by atoms with Crippen LogP contribution in [0.4, 0.5) is 0 Å². The van der Waals surface area contributed by atoms with Crippen LogP contribution in [-0.2, 0) is 4.57 Å². The Kier molecular flexibility index (Phi) is 8.63. The molecule has 0 saturated heterocycles. The van der Waals surface area contributed by atoms with Gasteiger partial charge >= 0.3 is 29.6 Å². The van der Waals surface area contributed by atoms with Gasteiger partial charge in [0.25, 0.3) is 0 Å². The molecule has 0 aromatic rings. The van der Waals surface area contributed by atoms with Crippen LogP contribution in [0.15, 0.2) is 0 Å². The number of rotatable bonds is 0. The molecule has 0 aromatic carbocycles. The molecule has 0 amide bonds. The molecule has 2 nitrogen and oxygen atoms in total. The predicted molar refractivity (Wildman–Crippen MR) is 35.6 cm³/mol. The van der Waals surface area contributed by atoms with E-state index in [9.17, 15) is 9.46 Å². The molecule has 0 unspecified atom stereocenters. The first-order chi connectivity index (χ1) is 2.00. The fourth-order valence-corrected chi connectivity index (χ4v) is 0. The monoisotopic (exact) mass is 340 g/mol. The third-order valence-electron chi connectivity index (χ3n) is 0. The van der Waals surface area contributed by atoms with E-state index in [4.69, 9.17) is 0 Å². The summed E-state index contributed by atoms with van der Waals surface area (Å²) in [4.78, 5) is 9.63. The number of hydrogen-bond acceptors (Lipinski definition) is 2. The molecule has 0 saturated carbocycles. The second kappa shape index (κ2) is 4.52. The van der Waals surface area contributed by atoms with E-state index in [-0.39, 0.29) is 29.6 Å². The fraction of sp³-hybridized carbons (Fsp3) is 0. The van der Waals surface area contributed by atoms with E-state index in [0.717, 1.165) is 0 Å². The molecule has 0 atom stereocenters. The summed E-state index contributed by atoms with van der Waals surface area (Å²) in [6, 6.07) is 0. The summed E-state index contributed by atoms with van der Waals surface area (Å²) in [6.07, 6.45) is 0. The molecule has 6 heteroatoms. The molecule has 32 valence electrons. The molecule has 0 aliphatic rings. The van der Waals surface area contributed by atoms with Crippen LogP contribution in [-0.4, -0.2) is 0 Å². The minimum Gasteiger partial charge on any atom is -0.784 e. The van der Waals surface area contributed by atoms with E-state index in [0.29, 0.717) is 0 Å². The van der Waals surface area contributed by atoms with Crippen molar-refractivity contribution in [2.24, 2.45) is 0 Å². The Morgan fingerprint density at radius 2 is 1.50 bits per heavy atom. The molecule has 6 heavy (non-hydrogen) atoms. The van der Waals surface area contributed by atoms with Gasteiger partial charge in [0.2, 0.25) is 0 Å². The van der Waals surface area contributed by atoms with Gasteiger partial charge in [-0.2, -0.15) is 0 Å². The van der Waals surface area contributed by atoms with Crippen LogP contribution < -0.4 is 34.5 Å². The zero-order chi connectivity index (χ0) is 4.50. The molecule has 0 bridgehead atoms. The van der Waals surface area contributed by atoms with Crippen LogP contribution in [0.5, 0.6) is 0 Å².